The zero-order valence-corrected chi connectivity index (χ0v) is 8.46. The summed E-state index contributed by atoms with van der Waals surface area (Å²) in [6, 6.07) is 6.13. The summed E-state index contributed by atoms with van der Waals surface area (Å²) in [5.41, 5.74) is 0.617. The number of carbonyl (C=O) groups excluding carboxylic acids is 1. The van der Waals surface area contributed by atoms with Crippen molar-refractivity contribution in [2.45, 2.75) is 6.42 Å². The minimum absolute atomic E-state index is 0.0379. The second-order valence-corrected chi connectivity index (χ2v) is 3.76. The highest BCUT2D eigenvalue weighted by Gasteiger charge is 2.34. The fraction of sp³-hybridized carbons (Fsp3) is 0.273. The molecule has 0 aromatic heterocycles. The van der Waals surface area contributed by atoms with Gasteiger partial charge in [0.05, 0.1) is 5.92 Å². The lowest BCUT2D eigenvalue weighted by Crippen LogP contribution is -2.25. The van der Waals surface area contributed by atoms with E-state index in [1.807, 2.05) is 0 Å². The number of aliphatic carboxylic acids is 1. The summed E-state index contributed by atoms with van der Waals surface area (Å²) in [6.07, 6.45) is 0.0379. The number of anilines is 1. The third-order valence-electron chi connectivity index (χ3n) is 2.64. The highest BCUT2D eigenvalue weighted by Crippen LogP contribution is 2.26. The summed E-state index contributed by atoms with van der Waals surface area (Å²) in [4.78, 5) is 23.8. The van der Waals surface area contributed by atoms with Crippen molar-refractivity contribution in [1.82, 2.24) is 0 Å². The molecule has 5 nitrogen and oxygen atoms in total. The van der Waals surface area contributed by atoms with Crippen LogP contribution in [0.1, 0.15) is 6.42 Å². The maximum atomic E-state index is 11.6. The van der Waals surface area contributed by atoms with Crippen molar-refractivity contribution in [2.24, 2.45) is 5.92 Å². The number of carboxylic acids is 1. The minimum Gasteiger partial charge on any atom is -0.508 e. The van der Waals surface area contributed by atoms with E-state index in [0.29, 0.717) is 5.69 Å². The number of rotatable bonds is 2. The van der Waals surface area contributed by atoms with Crippen LogP contribution in [0.2, 0.25) is 0 Å². The quantitative estimate of drug-likeness (QED) is 0.775. The Bertz CT molecular complexity index is 426. The first-order valence-corrected chi connectivity index (χ1v) is 4.90. The molecule has 0 aliphatic carbocycles. The van der Waals surface area contributed by atoms with Gasteiger partial charge in [0.1, 0.15) is 5.75 Å². The van der Waals surface area contributed by atoms with Crippen molar-refractivity contribution in [3.63, 3.8) is 0 Å². The van der Waals surface area contributed by atoms with E-state index < -0.39 is 11.9 Å². The summed E-state index contributed by atoms with van der Waals surface area (Å²) >= 11 is 0. The molecule has 2 rings (SSSR count). The number of phenolic OH excluding ortho intramolecular Hbond substituents is 1. The van der Waals surface area contributed by atoms with Crippen molar-refractivity contribution in [3.8, 4) is 5.75 Å². The van der Waals surface area contributed by atoms with Gasteiger partial charge in [-0.25, -0.2) is 0 Å². The Morgan fingerprint density at radius 1 is 1.31 bits per heavy atom. The Hall–Kier alpha value is -2.04. The SMILES string of the molecule is O=C(O)[C@@H]1CC(=O)N(c2ccc(O)cc2)C1. The van der Waals surface area contributed by atoms with Crippen molar-refractivity contribution >= 4 is 17.6 Å². The first kappa shape index (κ1) is 10.5. The van der Waals surface area contributed by atoms with E-state index >= 15 is 0 Å². The molecule has 16 heavy (non-hydrogen) atoms. The average molecular weight is 221 g/mol. The van der Waals surface area contributed by atoms with E-state index in [4.69, 9.17) is 10.2 Å². The molecule has 0 unspecified atom stereocenters. The van der Waals surface area contributed by atoms with Crippen LogP contribution in [0.25, 0.3) is 0 Å². The van der Waals surface area contributed by atoms with Crippen molar-refractivity contribution in [2.75, 3.05) is 11.4 Å². The minimum atomic E-state index is -0.949. The number of nitrogens with zero attached hydrogens (tertiary/aromatic N) is 1. The van der Waals surface area contributed by atoms with Gasteiger partial charge in [-0.1, -0.05) is 0 Å². The molecule has 0 bridgehead atoms. The van der Waals surface area contributed by atoms with Crippen LogP contribution in [0.3, 0.4) is 0 Å². The normalized spacial score (nSPS) is 20.1. The molecule has 1 aliphatic rings. The standard InChI is InChI=1S/C11H11NO4/c13-9-3-1-8(2-4-9)12-6-7(11(15)16)5-10(12)14/h1-4,7,13H,5-6H2,(H,15,16)/t7-/m1/s1. The number of benzene rings is 1. The third-order valence-corrected chi connectivity index (χ3v) is 2.64. The van der Waals surface area contributed by atoms with Crippen LogP contribution < -0.4 is 4.90 Å². The van der Waals surface area contributed by atoms with Crippen molar-refractivity contribution in [1.29, 1.82) is 0 Å². The van der Waals surface area contributed by atoms with Gasteiger partial charge in [-0.2, -0.15) is 0 Å². The first-order valence-electron chi connectivity index (χ1n) is 4.90. The first-order chi connectivity index (χ1) is 7.58. The third kappa shape index (κ3) is 1.84. The van der Waals surface area contributed by atoms with Crippen molar-refractivity contribution < 1.29 is 19.8 Å². The summed E-state index contributed by atoms with van der Waals surface area (Å²) in [6.45, 7) is 0.193. The Morgan fingerprint density at radius 3 is 2.44 bits per heavy atom. The number of phenols is 1. The summed E-state index contributed by atoms with van der Waals surface area (Å²) < 4.78 is 0. The predicted molar refractivity (Wildman–Crippen MR) is 56.2 cm³/mol. The van der Waals surface area contributed by atoms with Gasteiger partial charge in [0, 0.05) is 18.7 Å². The Labute approximate surface area is 91.9 Å². The highest BCUT2D eigenvalue weighted by atomic mass is 16.4. The van der Waals surface area contributed by atoms with E-state index in [0.717, 1.165) is 0 Å². The van der Waals surface area contributed by atoms with Crippen LogP contribution in [-0.4, -0.2) is 28.6 Å². The van der Waals surface area contributed by atoms with Crippen LogP contribution >= 0.6 is 0 Å². The summed E-state index contributed by atoms with van der Waals surface area (Å²) in [5, 5.41) is 17.9. The molecule has 1 aromatic rings. The van der Waals surface area contributed by atoms with E-state index in [9.17, 15) is 9.59 Å². The van der Waals surface area contributed by atoms with Gasteiger partial charge in [-0.15, -0.1) is 0 Å². The second-order valence-electron chi connectivity index (χ2n) is 3.76. The molecule has 1 saturated heterocycles. The van der Waals surface area contributed by atoms with Gasteiger partial charge < -0.3 is 15.1 Å². The molecule has 84 valence electrons. The number of carbonyl (C=O) groups is 2. The number of hydrogen-bond donors (Lipinski definition) is 2. The topological polar surface area (TPSA) is 77.8 Å². The number of hydrogen-bond acceptors (Lipinski definition) is 3. The smallest absolute Gasteiger partial charge is 0.308 e. The Balaban J connectivity index is 2.20. The lowest BCUT2D eigenvalue weighted by Gasteiger charge is -2.15. The average Bonchev–Trinajstić information content (AvgIpc) is 2.62. The van der Waals surface area contributed by atoms with Crippen molar-refractivity contribution in [3.05, 3.63) is 24.3 Å². The van der Waals surface area contributed by atoms with E-state index in [1.54, 1.807) is 12.1 Å². The molecule has 0 spiro atoms. The van der Waals surface area contributed by atoms with E-state index in [2.05, 4.69) is 0 Å². The van der Waals surface area contributed by atoms with Crippen LogP contribution in [0, 0.1) is 5.92 Å². The molecule has 2 N–H and O–H groups in total. The molecule has 1 fully saturated rings. The molecule has 1 aromatic carbocycles. The van der Waals surface area contributed by atoms with Gasteiger partial charge in [0.2, 0.25) is 5.91 Å². The molecular formula is C11H11NO4. The molecule has 5 heteroatoms. The van der Waals surface area contributed by atoms with Gasteiger partial charge in [-0.3, -0.25) is 9.59 Å². The summed E-state index contributed by atoms with van der Waals surface area (Å²) in [7, 11) is 0. The van der Waals surface area contributed by atoms with Gasteiger partial charge in [0.25, 0.3) is 0 Å². The number of aromatic hydroxyl groups is 1. The molecule has 1 aliphatic heterocycles. The summed E-state index contributed by atoms with van der Waals surface area (Å²) in [5.74, 6) is -1.67. The molecule has 0 saturated carbocycles. The largest absolute Gasteiger partial charge is 0.508 e. The maximum Gasteiger partial charge on any atom is 0.308 e. The van der Waals surface area contributed by atoms with Gasteiger partial charge in [-0.05, 0) is 24.3 Å². The monoisotopic (exact) mass is 221 g/mol. The fourth-order valence-electron chi connectivity index (χ4n) is 1.76. The van der Waals surface area contributed by atoms with E-state index in [-0.39, 0.29) is 24.6 Å². The Morgan fingerprint density at radius 2 is 1.94 bits per heavy atom. The van der Waals surface area contributed by atoms with Gasteiger partial charge in [0.15, 0.2) is 0 Å². The maximum absolute atomic E-state index is 11.6. The van der Waals surface area contributed by atoms with Gasteiger partial charge >= 0.3 is 5.97 Å². The van der Waals surface area contributed by atoms with Crippen LogP contribution in [0.5, 0.6) is 5.75 Å². The lowest BCUT2D eigenvalue weighted by atomic mass is 10.1. The molecule has 0 radical (unpaired) electrons. The van der Waals surface area contributed by atoms with Crippen LogP contribution in [0.15, 0.2) is 24.3 Å². The second kappa shape index (κ2) is 3.84. The fourth-order valence-corrected chi connectivity index (χ4v) is 1.76. The number of amides is 1. The zero-order chi connectivity index (χ0) is 11.7. The van der Waals surface area contributed by atoms with Crippen LogP contribution in [-0.2, 0) is 9.59 Å². The van der Waals surface area contributed by atoms with E-state index in [1.165, 1.54) is 17.0 Å². The molecule has 1 amide bonds. The number of carboxylic acid groups (broad SMARTS) is 1. The molecule has 1 atom stereocenters. The van der Waals surface area contributed by atoms with Crippen LogP contribution in [0.4, 0.5) is 5.69 Å². The zero-order valence-electron chi connectivity index (χ0n) is 8.46. The lowest BCUT2D eigenvalue weighted by molar-refractivity contribution is -0.141. The molecular weight excluding hydrogens is 210 g/mol. The molecule has 1 heterocycles. The predicted octanol–water partition coefficient (Wildman–Crippen LogP) is 0.830. The highest BCUT2D eigenvalue weighted by molar-refractivity contribution is 5.99. The Kier molecular flexibility index (Phi) is 2.52.